The molecule has 12 aromatic carbocycles. The van der Waals surface area contributed by atoms with E-state index in [4.69, 9.17) is 18.9 Å². The lowest BCUT2D eigenvalue weighted by molar-refractivity contribution is 0.475. The molecule has 0 saturated heterocycles. The third-order valence-corrected chi connectivity index (χ3v) is 16.4. The van der Waals surface area contributed by atoms with E-state index in [0.717, 1.165) is 96.9 Å². The van der Waals surface area contributed by atoms with Gasteiger partial charge in [0.25, 0.3) is 0 Å². The van der Waals surface area contributed by atoms with Crippen molar-refractivity contribution >= 4 is 77.8 Å². The van der Waals surface area contributed by atoms with Crippen molar-refractivity contribution in [2.75, 3.05) is 47.8 Å². The summed E-state index contributed by atoms with van der Waals surface area (Å²) in [4.78, 5) is 8.80. The van der Waals surface area contributed by atoms with Crippen LogP contribution < -0.4 is 38.5 Å². The summed E-state index contributed by atoms with van der Waals surface area (Å²) in [6, 6.07) is 83.6. The Labute approximate surface area is 472 Å². The standard InChI is InChI=1S/C22H19NO.3C17H13NO/c1-22(2)16-9-5-4-8-14(16)15-12-21-19(13-17(15)22)23(3)18-10-6-7-11-20(18)24-21;1-18-14-8-4-5-9-16(14)19-17-11-13-7-3-2-6-12(13)10-15(17)18;1-18-14-8-4-5-9-16(14)19-17-13-7-3-2-6-12(13)10-11-15(17)18;1-18-14-8-4-5-9-15(14)19-16-11-10-12-6-2-3-7-13(12)17(16)18/h4-13H,1-3H3;3*2-11H,1H3. The first-order valence-electron chi connectivity index (χ1n) is 27.5. The highest BCUT2D eigenvalue weighted by Crippen LogP contribution is 2.56. The zero-order valence-corrected chi connectivity index (χ0v) is 46.0. The second-order valence-electron chi connectivity index (χ2n) is 21.5. The Hall–Kier alpha value is -10.2. The van der Waals surface area contributed by atoms with E-state index in [2.05, 4.69) is 225 Å². The van der Waals surface area contributed by atoms with Crippen LogP contribution in [0, 0.1) is 0 Å². The van der Waals surface area contributed by atoms with Crippen LogP contribution in [0.1, 0.15) is 25.0 Å². The van der Waals surface area contributed by atoms with E-state index in [9.17, 15) is 0 Å². The van der Waals surface area contributed by atoms with Gasteiger partial charge in [-0.1, -0.05) is 172 Å². The average molecular weight is 1060 g/mol. The van der Waals surface area contributed by atoms with Gasteiger partial charge in [0.1, 0.15) is 0 Å². The highest BCUT2D eigenvalue weighted by molar-refractivity contribution is 6.01. The van der Waals surface area contributed by atoms with E-state index in [1.54, 1.807) is 0 Å². The third kappa shape index (κ3) is 8.37. The van der Waals surface area contributed by atoms with Gasteiger partial charge in [-0.15, -0.1) is 0 Å². The second kappa shape index (κ2) is 19.6. The van der Waals surface area contributed by atoms with Crippen LogP contribution in [0.5, 0.6) is 46.0 Å². The Kier molecular flexibility index (Phi) is 11.9. The summed E-state index contributed by atoms with van der Waals surface area (Å²) in [6.45, 7) is 4.61. The van der Waals surface area contributed by atoms with E-state index in [1.807, 2.05) is 78.9 Å². The SMILES string of the molecule is CN1c2ccccc2Oc2c1ccc1ccccc21.CN1c2ccccc2Oc2cc3c(cc21)C(C)(C)c1ccccc1-3.CN1c2ccccc2Oc2cc3ccccc3cc21.CN1c2ccccc2Oc2ccc3ccccc3c21. The first-order chi connectivity index (χ1) is 39.6. The van der Waals surface area contributed by atoms with Crippen LogP contribution in [0.3, 0.4) is 0 Å². The minimum absolute atomic E-state index is 0.0127. The maximum Gasteiger partial charge on any atom is 0.158 e. The molecule has 0 radical (unpaired) electrons. The largest absolute Gasteiger partial charge is 0.453 e. The number of para-hydroxylation sites is 8. The maximum atomic E-state index is 6.21. The van der Waals surface area contributed by atoms with Gasteiger partial charge in [-0.3, -0.25) is 0 Å². The van der Waals surface area contributed by atoms with Gasteiger partial charge in [-0.05, 0) is 129 Å². The molecule has 12 aromatic rings. The average Bonchev–Trinajstić information content (AvgIpc) is 4.04. The lowest BCUT2D eigenvalue weighted by atomic mass is 9.82. The number of hydrogen-bond donors (Lipinski definition) is 0. The highest BCUT2D eigenvalue weighted by Gasteiger charge is 2.38. The summed E-state index contributed by atoms with van der Waals surface area (Å²) < 4.78 is 24.4. The number of hydrogen-bond acceptors (Lipinski definition) is 8. The molecule has 0 unspecified atom stereocenters. The summed E-state index contributed by atoms with van der Waals surface area (Å²) in [6.07, 6.45) is 0. The quantitative estimate of drug-likeness (QED) is 0.149. The summed E-state index contributed by atoms with van der Waals surface area (Å²) in [5, 5.41) is 7.24. The molecular weight excluding hydrogens is 997 g/mol. The van der Waals surface area contributed by atoms with Crippen molar-refractivity contribution in [3.8, 4) is 57.1 Å². The van der Waals surface area contributed by atoms with E-state index >= 15 is 0 Å². The first-order valence-corrected chi connectivity index (χ1v) is 27.5. The second-order valence-corrected chi connectivity index (χ2v) is 21.5. The monoisotopic (exact) mass is 1050 g/mol. The Morgan fingerprint density at radius 2 is 0.704 bits per heavy atom. The molecule has 4 aliphatic heterocycles. The van der Waals surface area contributed by atoms with Crippen LogP contribution in [0.15, 0.2) is 243 Å². The fraction of sp³-hybridized carbons (Fsp3) is 0.0959. The van der Waals surface area contributed by atoms with Crippen molar-refractivity contribution in [2.24, 2.45) is 0 Å². The Bertz CT molecular complexity index is 4420. The molecule has 0 fully saturated rings. The van der Waals surface area contributed by atoms with Gasteiger partial charge in [-0.2, -0.15) is 0 Å². The molecule has 394 valence electrons. The van der Waals surface area contributed by atoms with Gasteiger partial charge >= 0.3 is 0 Å². The van der Waals surface area contributed by atoms with Crippen molar-refractivity contribution in [2.45, 2.75) is 19.3 Å². The topological polar surface area (TPSA) is 49.9 Å². The minimum atomic E-state index is 0.0127. The molecule has 0 atom stereocenters. The fourth-order valence-electron chi connectivity index (χ4n) is 12.1. The maximum absolute atomic E-state index is 6.21. The van der Waals surface area contributed by atoms with Crippen molar-refractivity contribution in [3.05, 3.63) is 254 Å². The predicted molar refractivity (Wildman–Crippen MR) is 334 cm³/mol. The molecule has 0 saturated carbocycles. The number of ether oxygens (including phenoxy) is 4. The first kappa shape index (κ1) is 49.1. The molecule has 0 N–H and O–H groups in total. The minimum Gasteiger partial charge on any atom is -0.453 e. The zero-order chi connectivity index (χ0) is 54.9. The van der Waals surface area contributed by atoms with Gasteiger partial charge < -0.3 is 38.5 Å². The number of fused-ring (bicyclic) bond motifs is 16. The van der Waals surface area contributed by atoms with Crippen LogP contribution in [0.2, 0.25) is 0 Å². The van der Waals surface area contributed by atoms with Crippen LogP contribution >= 0.6 is 0 Å². The van der Waals surface area contributed by atoms with Crippen LogP contribution in [-0.2, 0) is 5.41 Å². The normalized spacial score (nSPS) is 13.7. The fourth-order valence-corrected chi connectivity index (χ4v) is 12.1. The van der Waals surface area contributed by atoms with E-state index in [-0.39, 0.29) is 5.41 Å². The van der Waals surface area contributed by atoms with E-state index < -0.39 is 0 Å². The highest BCUT2D eigenvalue weighted by atomic mass is 16.5. The Balaban J connectivity index is 0.0000000975. The molecule has 0 amide bonds. The molecule has 8 heteroatoms. The summed E-state index contributed by atoms with van der Waals surface area (Å²) in [5.74, 6) is 7.36. The van der Waals surface area contributed by atoms with Gasteiger partial charge in [0.2, 0.25) is 0 Å². The number of rotatable bonds is 0. The van der Waals surface area contributed by atoms with Gasteiger partial charge in [0, 0.05) is 44.4 Å². The lowest BCUT2D eigenvalue weighted by Crippen LogP contribution is -2.19. The third-order valence-electron chi connectivity index (χ3n) is 16.4. The van der Waals surface area contributed by atoms with Gasteiger partial charge in [-0.25, -0.2) is 0 Å². The van der Waals surface area contributed by atoms with Crippen molar-refractivity contribution < 1.29 is 18.9 Å². The number of benzene rings is 12. The molecule has 0 bridgehead atoms. The molecule has 0 aromatic heterocycles. The van der Waals surface area contributed by atoms with Gasteiger partial charge in [0.15, 0.2) is 46.0 Å². The summed E-state index contributed by atoms with van der Waals surface area (Å²) in [5.41, 5.74) is 14.3. The van der Waals surface area contributed by atoms with Crippen molar-refractivity contribution in [1.82, 2.24) is 0 Å². The van der Waals surface area contributed by atoms with E-state index in [0.29, 0.717) is 0 Å². The molecule has 0 spiro atoms. The molecule has 5 aliphatic rings. The van der Waals surface area contributed by atoms with Crippen LogP contribution in [0.25, 0.3) is 43.4 Å². The van der Waals surface area contributed by atoms with Gasteiger partial charge in [0.05, 0.1) is 45.5 Å². The van der Waals surface area contributed by atoms with Crippen molar-refractivity contribution in [1.29, 1.82) is 0 Å². The van der Waals surface area contributed by atoms with Crippen LogP contribution in [0.4, 0.5) is 45.5 Å². The number of nitrogens with zero attached hydrogens (tertiary/aromatic N) is 4. The summed E-state index contributed by atoms with van der Waals surface area (Å²) >= 11 is 0. The molecule has 17 rings (SSSR count). The zero-order valence-electron chi connectivity index (χ0n) is 46.0. The lowest BCUT2D eigenvalue weighted by Gasteiger charge is -2.31. The molecule has 4 heterocycles. The molecule has 1 aliphatic carbocycles. The molecule has 8 nitrogen and oxygen atoms in total. The Morgan fingerprint density at radius 1 is 0.272 bits per heavy atom. The number of anilines is 8. The molecule has 81 heavy (non-hydrogen) atoms. The predicted octanol–water partition coefficient (Wildman–Crippen LogP) is 20.0. The smallest absolute Gasteiger partial charge is 0.158 e. The molecular formula is C73H58N4O4. The van der Waals surface area contributed by atoms with Crippen LogP contribution in [-0.4, -0.2) is 28.2 Å². The van der Waals surface area contributed by atoms with Crippen molar-refractivity contribution in [3.63, 3.8) is 0 Å². The summed E-state index contributed by atoms with van der Waals surface area (Å²) in [7, 11) is 8.36. The van der Waals surface area contributed by atoms with E-state index in [1.165, 1.54) is 49.2 Å². The Morgan fingerprint density at radius 3 is 1.33 bits per heavy atom.